The molecule has 19 heavy (non-hydrogen) atoms. The molecule has 0 amide bonds. The molecule has 2 rings (SSSR count). The van der Waals surface area contributed by atoms with E-state index in [4.69, 9.17) is 4.74 Å². The van der Waals surface area contributed by atoms with Crippen LogP contribution in [0, 0.1) is 0 Å². The third-order valence-electron chi connectivity index (χ3n) is 3.27. The molecule has 0 fully saturated rings. The lowest BCUT2D eigenvalue weighted by molar-refractivity contribution is -0.136. The first-order chi connectivity index (χ1) is 8.96. The number of benzene rings is 1. The third kappa shape index (κ3) is 4.13. The second-order valence-electron chi connectivity index (χ2n) is 4.84. The van der Waals surface area contributed by atoms with E-state index >= 15 is 0 Å². The van der Waals surface area contributed by atoms with E-state index in [1.165, 1.54) is 0 Å². The Bertz CT molecular complexity index is 429. The number of fused-ring (bicyclic) bond motifs is 1. The van der Waals surface area contributed by atoms with Crippen molar-refractivity contribution in [2.24, 2.45) is 0 Å². The van der Waals surface area contributed by atoms with Crippen molar-refractivity contribution in [3.8, 4) is 5.75 Å². The number of alkyl halides is 3. The highest BCUT2D eigenvalue weighted by molar-refractivity contribution is 5.38. The summed E-state index contributed by atoms with van der Waals surface area (Å²) in [5.41, 5.74) is 1.95. The Labute approximate surface area is 110 Å². The molecule has 0 aliphatic heterocycles. The van der Waals surface area contributed by atoms with Crippen molar-refractivity contribution in [2.45, 2.75) is 44.4 Å². The van der Waals surface area contributed by atoms with Gasteiger partial charge >= 0.3 is 6.18 Å². The normalized spacial score (nSPS) is 19.1. The van der Waals surface area contributed by atoms with Gasteiger partial charge in [0.05, 0.1) is 12.7 Å². The molecule has 2 nitrogen and oxygen atoms in total. The summed E-state index contributed by atoms with van der Waals surface area (Å²) in [5, 5.41) is 9.79. The van der Waals surface area contributed by atoms with E-state index in [1.54, 1.807) is 12.1 Å². The molecule has 5 heteroatoms. The number of halogens is 3. The average Bonchev–Trinajstić information content (AvgIpc) is 2.34. The van der Waals surface area contributed by atoms with Crippen LogP contribution in [0.15, 0.2) is 18.2 Å². The standard InChI is InChI=1S/C14H17F3O2/c15-14(16,17)7-2-8-19-11-5-6-12-10(9-11)3-1-4-13(12)18/h5-6,9,13,18H,1-4,7-8H2. The minimum atomic E-state index is -4.12. The van der Waals surface area contributed by atoms with Gasteiger partial charge < -0.3 is 9.84 Å². The zero-order valence-corrected chi connectivity index (χ0v) is 10.5. The monoisotopic (exact) mass is 274 g/mol. The van der Waals surface area contributed by atoms with Gasteiger partial charge in [0.2, 0.25) is 0 Å². The highest BCUT2D eigenvalue weighted by Crippen LogP contribution is 2.32. The molecule has 0 bridgehead atoms. The Balaban J connectivity index is 1.88. The average molecular weight is 274 g/mol. The summed E-state index contributed by atoms with van der Waals surface area (Å²) >= 11 is 0. The highest BCUT2D eigenvalue weighted by atomic mass is 19.4. The molecule has 1 N–H and O–H groups in total. The molecule has 1 aromatic carbocycles. The number of ether oxygens (including phenoxy) is 1. The Morgan fingerprint density at radius 2 is 2.11 bits per heavy atom. The largest absolute Gasteiger partial charge is 0.494 e. The lowest BCUT2D eigenvalue weighted by Gasteiger charge is -2.21. The van der Waals surface area contributed by atoms with E-state index in [-0.39, 0.29) is 13.0 Å². The van der Waals surface area contributed by atoms with Gasteiger partial charge in [-0.1, -0.05) is 6.07 Å². The van der Waals surface area contributed by atoms with E-state index in [1.807, 2.05) is 6.07 Å². The Kier molecular flexibility index (Phi) is 4.34. The van der Waals surface area contributed by atoms with Crippen molar-refractivity contribution in [3.05, 3.63) is 29.3 Å². The highest BCUT2D eigenvalue weighted by Gasteiger charge is 2.26. The lowest BCUT2D eigenvalue weighted by atomic mass is 9.89. The fourth-order valence-electron chi connectivity index (χ4n) is 2.32. The van der Waals surface area contributed by atoms with E-state index in [9.17, 15) is 18.3 Å². The van der Waals surface area contributed by atoms with Crippen molar-refractivity contribution in [1.29, 1.82) is 0 Å². The van der Waals surface area contributed by atoms with Gasteiger partial charge in [-0.15, -0.1) is 0 Å². The van der Waals surface area contributed by atoms with Crippen LogP contribution in [0.4, 0.5) is 13.2 Å². The molecule has 0 heterocycles. The van der Waals surface area contributed by atoms with Gasteiger partial charge in [-0.3, -0.25) is 0 Å². The molecule has 0 aromatic heterocycles. The molecule has 1 atom stereocenters. The summed E-state index contributed by atoms with van der Waals surface area (Å²) in [6.45, 7) is 0.0564. The van der Waals surface area contributed by atoms with Crippen molar-refractivity contribution in [2.75, 3.05) is 6.61 Å². The van der Waals surface area contributed by atoms with Crippen LogP contribution in [0.25, 0.3) is 0 Å². The SMILES string of the molecule is OC1CCCc2cc(OCCCC(F)(F)F)ccc21. The summed E-state index contributed by atoms with van der Waals surface area (Å²) in [6, 6.07) is 5.34. The fraction of sp³-hybridized carbons (Fsp3) is 0.571. The number of rotatable bonds is 4. The van der Waals surface area contributed by atoms with Gasteiger partial charge in [0, 0.05) is 6.42 Å². The summed E-state index contributed by atoms with van der Waals surface area (Å²) < 4.78 is 41.2. The van der Waals surface area contributed by atoms with E-state index in [0.29, 0.717) is 5.75 Å². The predicted molar refractivity (Wildman–Crippen MR) is 65.1 cm³/mol. The first-order valence-corrected chi connectivity index (χ1v) is 6.46. The van der Waals surface area contributed by atoms with Crippen LogP contribution < -0.4 is 4.74 Å². The number of aliphatic hydroxyl groups is 1. The Morgan fingerprint density at radius 3 is 2.84 bits per heavy atom. The lowest BCUT2D eigenvalue weighted by Crippen LogP contribution is -2.11. The van der Waals surface area contributed by atoms with Crippen molar-refractivity contribution < 1.29 is 23.0 Å². The topological polar surface area (TPSA) is 29.5 Å². The van der Waals surface area contributed by atoms with E-state index in [2.05, 4.69) is 0 Å². The molecule has 0 spiro atoms. The molecule has 0 radical (unpaired) electrons. The second-order valence-corrected chi connectivity index (χ2v) is 4.84. The molecule has 0 saturated heterocycles. The van der Waals surface area contributed by atoms with Gasteiger partial charge in [0.15, 0.2) is 0 Å². The molecular formula is C14H17F3O2. The van der Waals surface area contributed by atoms with Crippen LogP contribution in [0.1, 0.15) is 42.9 Å². The van der Waals surface area contributed by atoms with Crippen LogP contribution in [-0.4, -0.2) is 17.9 Å². The first kappa shape index (κ1) is 14.2. The zero-order chi connectivity index (χ0) is 13.9. The van der Waals surface area contributed by atoms with E-state index < -0.39 is 18.7 Å². The van der Waals surface area contributed by atoms with Crippen LogP contribution >= 0.6 is 0 Å². The summed E-state index contributed by atoms with van der Waals surface area (Å²) in [6.07, 6.45) is -2.84. The molecule has 1 aliphatic rings. The van der Waals surface area contributed by atoms with Gasteiger partial charge in [0.25, 0.3) is 0 Å². The summed E-state index contributed by atoms with van der Waals surface area (Å²) in [7, 11) is 0. The molecular weight excluding hydrogens is 257 g/mol. The van der Waals surface area contributed by atoms with Gasteiger partial charge in [-0.2, -0.15) is 13.2 Å². The van der Waals surface area contributed by atoms with Crippen LogP contribution in [-0.2, 0) is 6.42 Å². The van der Waals surface area contributed by atoms with E-state index in [0.717, 1.165) is 30.4 Å². The molecule has 1 aromatic rings. The minimum Gasteiger partial charge on any atom is -0.494 e. The zero-order valence-electron chi connectivity index (χ0n) is 10.5. The number of aliphatic hydroxyl groups excluding tert-OH is 1. The molecule has 1 aliphatic carbocycles. The maximum Gasteiger partial charge on any atom is 0.389 e. The van der Waals surface area contributed by atoms with Gasteiger partial charge in [-0.05, 0) is 48.9 Å². The fourth-order valence-corrected chi connectivity index (χ4v) is 2.32. The smallest absolute Gasteiger partial charge is 0.389 e. The molecule has 106 valence electrons. The third-order valence-corrected chi connectivity index (χ3v) is 3.27. The Morgan fingerprint density at radius 1 is 1.32 bits per heavy atom. The molecule has 1 unspecified atom stereocenters. The number of hydrogen-bond donors (Lipinski definition) is 1. The van der Waals surface area contributed by atoms with Crippen LogP contribution in [0.2, 0.25) is 0 Å². The molecule has 0 saturated carbocycles. The van der Waals surface area contributed by atoms with Crippen molar-refractivity contribution in [3.63, 3.8) is 0 Å². The van der Waals surface area contributed by atoms with Crippen LogP contribution in [0.5, 0.6) is 5.75 Å². The summed E-state index contributed by atoms with van der Waals surface area (Å²) in [5.74, 6) is 0.579. The number of hydrogen-bond acceptors (Lipinski definition) is 2. The maximum atomic E-state index is 12.0. The van der Waals surface area contributed by atoms with Crippen molar-refractivity contribution >= 4 is 0 Å². The second kappa shape index (κ2) is 5.82. The maximum absolute atomic E-state index is 12.0. The first-order valence-electron chi connectivity index (χ1n) is 6.46. The van der Waals surface area contributed by atoms with Gasteiger partial charge in [-0.25, -0.2) is 0 Å². The summed E-state index contributed by atoms with van der Waals surface area (Å²) in [4.78, 5) is 0. The van der Waals surface area contributed by atoms with Gasteiger partial charge in [0.1, 0.15) is 5.75 Å². The Hall–Kier alpha value is -1.23. The number of aryl methyl sites for hydroxylation is 1. The minimum absolute atomic E-state index is 0.0385. The van der Waals surface area contributed by atoms with Crippen LogP contribution in [0.3, 0.4) is 0 Å². The predicted octanol–water partition coefficient (Wildman–Crippen LogP) is 3.78. The quantitative estimate of drug-likeness (QED) is 0.847. The van der Waals surface area contributed by atoms with Crippen molar-refractivity contribution in [1.82, 2.24) is 0 Å².